The maximum atomic E-state index is 13.2. The van der Waals surface area contributed by atoms with Crippen molar-refractivity contribution in [3.8, 4) is 28.5 Å². The van der Waals surface area contributed by atoms with Crippen LogP contribution in [0.25, 0.3) is 11.3 Å². The quantitative estimate of drug-likeness (QED) is 0.229. The Morgan fingerprint density at radius 3 is 2.20 bits per heavy atom. The molecule has 41 heavy (non-hydrogen) atoms. The molecule has 0 atom stereocenters. The highest BCUT2D eigenvalue weighted by atomic mass is 32.2. The van der Waals surface area contributed by atoms with E-state index >= 15 is 0 Å². The first-order valence-corrected chi connectivity index (χ1v) is 15.9. The summed E-state index contributed by atoms with van der Waals surface area (Å²) in [6, 6.07) is 20.8. The van der Waals surface area contributed by atoms with Crippen molar-refractivity contribution < 1.29 is 22.6 Å². The molecule has 216 valence electrons. The Balaban J connectivity index is 1.48. The minimum Gasteiger partial charge on any atom is -0.497 e. The van der Waals surface area contributed by atoms with Crippen LogP contribution in [-0.4, -0.2) is 51.7 Å². The first kappa shape index (κ1) is 28.9. The number of ether oxygens (including phenoxy) is 3. The fourth-order valence-corrected chi connectivity index (χ4v) is 7.43. The third-order valence-corrected chi connectivity index (χ3v) is 10.0. The first-order valence-electron chi connectivity index (χ1n) is 13.6. The number of nitrogens with zero attached hydrogens (tertiary/aromatic N) is 3. The molecule has 2 heterocycles. The van der Waals surface area contributed by atoms with Crippen molar-refractivity contribution in [2.24, 2.45) is 4.99 Å². The van der Waals surface area contributed by atoms with Gasteiger partial charge in [-0.25, -0.2) is 13.4 Å². The summed E-state index contributed by atoms with van der Waals surface area (Å²) in [5.74, 6) is 2.15. The highest BCUT2D eigenvalue weighted by Crippen LogP contribution is 2.29. The molecule has 0 spiro atoms. The minimum atomic E-state index is -3.49. The summed E-state index contributed by atoms with van der Waals surface area (Å²) >= 11 is 1.55. The molecule has 3 aromatic carbocycles. The summed E-state index contributed by atoms with van der Waals surface area (Å²) in [4.78, 5) is 6.11. The second-order valence-electron chi connectivity index (χ2n) is 9.79. The summed E-state index contributed by atoms with van der Waals surface area (Å²) < 4.78 is 46.4. The van der Waals surface area contributed by atoms with Crippen molar-refractivity contribution in [2.45, 2.75) is 37.1 Å². The van der Waals surface area contributed by atoms with Crippen molar-refractivity contribution in [1.82, 2.24) is 8.87 Å². The average Bonchev–Trinajstić information content (AvgIpc) is 3.42. The van der Waals surface area contributed by atoms with Crippen molar-refractivity contribution in [2.75, 3.05) is 34.4 Å². The monoisotopic (exact) mass is 593 g/mol. The van der Waals surface area contributed by atoms with E-state index in [2.05, 4.69) is 9.95 Å². The van der Waals surface area contributed by atoms with Crippen molar-refractivity contribution in [3.05, 3.63) is 82.5 Å². The number of aryl methyl sites for hydroxylation is 1. The zero-order chi connectivity index (χ0) is 28.8. The molecular formula is C31H35N3O5S2. The molecule has 1 saturated heterocycles. The lowest BCUT2D eigenvalue weighted by Crippen LogP contribution is -2.35. The predicted octanol–water partition coefficient (Wildman–Crippen LogP) is 5.89. The Hall–Kier alpha value is -3.60. The minimum absolute atomic E-state index is 0.332. The highest BCUT2D eigenvalue weighted by Gasteiger charge is 2.26. The molecule has 0 radical (unpaired) electrons. The molecule has 0 bridgehead atoms. The molecule has 1 fully saturated rings. The van der Waals surface area contributed by atoms with Crippen LogP contribution < -0.4 is 19.0 Å². The van der Waals surface area contributed by atoms with E-state index in [1.807, 2.05) is 54.6 Å². The fourth-order valence-electron chi connectivity index (χ4n) is 4.96. The molecule has 1 aromatic heterocycles. The number of benzene rings is 3. The second-order valence-corrected chi connectivity index (χ2v) is 12.6. The van der Waals surface area contributed by atoms with Gasteiger partial charge in [-0.1, -0.05) is 24.6 Å². The number of piperidine rings is 1. The van der Waals surface area contributed by atoms with Gasteiger partial charge in [0.15, 0.2) is 16.3 Å². The highest BCUT2D eigenvalue weighted by molar-refractivity contribution is 7.89. The van der Waals surface area contributed by atoms with Crippen LogP contribution in [0, 0.1) is 0 Å². The lowest BCUT2D eigenvalue weighted by atomic mass is 10.1. The molecule has 8 nitrogen and oxygen atoms in total. The van der Waals surface area contributed by atoms with Gasteiger partial charge in [-0.05, 0) is 78.9 Å². The van der Waals surface area contributed by atoms with Crippen LogP contribution in [0.4, 0.5) is 5.69 Å². The zero-order valence-electron chi connectivity index (χ0n) is 23.6. The SMILES string of the molecule is COc1ccc(N=c2scc(-c3ccc(S(=O)(=O)N4CCCCC4)cc3)n2CCc2ccc(OC)c(OC)c2)cc1. The van der Waals surface area contributed by atoms with Gasteiger partial charge in [0, 0.05) is 25.0 Å². The third-order valence-electron chi connectivity index (χ3n) is 7.27. The molecule has 1 aliphatic heterocycles. The number of rotatable bonds is 10. The molecule has 0 N–H and O–H groups in total. The lowest BCUT2D eigenvalue weighted by molar-refractivity contribution is 0.346. The van der Waals surface area contributed by atoms with Crippen molar-refractivity contribution in [3.63, 3.8) is 0 Å². The standard InChI is InChI=1S/C31H35N3O5S2/c1-37-26-12-10-25(11-13-26)32-31-34(20-17-23-7-16-29(38-2)30(21-23)39-3)28(22-40-31)24-8-14-27(15-9-24)41(35,36)33-18-5-4-6-19-33/h7-16,21-22H,4-6,17-20H2,1-3H3. The van der Waals surface area contributed by atoms with E-state index in [-0.39, 0.29) is 0 Å². The normalized spacial score (nSPS) is 14.7. The average molecular weight is 594 g/mol. The third kappa shape index (κ3) is 6.50. The van der Waals surface area contributed by atoms with E-state index in [4.69, 9.17) is 19.2 Å². The maximum absolute atomic E-state index is 13.2. The van der Waals surface area contributed by atoms with Crippen LogP contribution in [0.2, 0.25) is 0 Å². The van der Waals surface area contributed by atoms with Crippen molar-refractivity contribution in [1.29, 1.82) is 0 Å². The lowest BCUT2D eigenvalue weighted by Gasteiger charge is -2.25. The Morgan fingerprint density at radius 1 is 0.829 bits per heavy atom. The summed E-state index contributed by atoms with van der Waals surface area (Å²) in [5, 5.41) is 2.07. The van der Waals surface area contributed by atoms with Gasteiger partial charge in [0.25, 0.3) is 0 Å². The number of hydrogen-bond acceptors (Lipinski definition) is 7. The predicted molar refractivity (Wildman–Crippen MR) is 162 cm³/mol. The van der Waals surface area contributed by atoms with Gasteiger partial charge in [0.1, 0.15) is 5.75 Å². The molecule has 0 aliphatic carbocycles. The van der Waals surface area contributed by atoms with Gasteiger partial charge in [-0.3, -0.25) is 0 Å². The maximum Gasteiger partial charge on any atom is 0.243 e. The van der Waals surface area contributed by atoms with Gasteiger partial charge < -0.3 is 18.8 Å². The van der Waals surface area contributed by atoms with E-state index in [0.29, 0.717) is 36.0 Å². The summed E-state index contributed by atoms with van der Waals surface area (Å²) in [5.41, 5.74) is 3.83. The summed E-state index contributed by atoms with van der Waals surface area (Å²) in [6.07, 6.45) is 3.64. The molecule has 5 rings (SSSR count). The largest absolute Gasteiger partial charge is 0.497 e. The van der Waals surface area contributed by atoms with E-state index < -0.39 is 10.0 Å². The number of methoxy groups -OCH3 is 3. The van der Waals surface area contributed by atoms with Crippen LogP contribution in [0.15, 0.2) is 82.0 Å². The van der Waals surface area contributed by atoms with Gasteiger partial charge >= 0.3 is 0 Å². The topological polar surface area (TPSA) is 82.4 Å². The molecule has 0 unspecified atom stereocenters. The van der Waals surface area contributed by atoms with Crippen LogP contribution in [0.1, 0.15) is 24.8 Å². The van der Waals surface area contributed by atoms with Crippen LogP contribution >= 0.6 is 11.3 Å². The van der Waals surface area contributed by atoms with E-state index in [1.54, 1.807) is 49.1 Å². The van der Waals surface area contributed by atoms with Gasteiger partial charge in [-0.15, -0.1) is 11.3 Å². The van der Waals surface area contributed by atoms with E-state index in [0.717, 1.165) is 58.7 Å². The van der Waals surface area contributed by atoms with Gasteiger partial charge in [0.2, 0.25) is 10.0 Å². The Kier molecular flexibility index (Phi) is 9.12. The number of aromatic nitrogens is 1. The molecule has 0 saturated carbocycles. The van der Waals surface area contributed by atoms with Crippen LogP contribution in [0.5, 0.6) is 17.2 Å². The molecule has 10 heteroatoms. The molecule has 1 aliphatic rings. The summed E-state index contributed by atoms with van der Waals surface area (Å²) in [7, 11) is 1.41. The van der Waals surface area contributed by atoms with Crippen LogP contribution in [-0.2, 0) is 23.0 Å². The van der Waals surface area contributed by atoms with Gasteiger partial charge in [-0.2, -0.15) is 4.31 Å². The van der Waals surface area contributed by atoms with E-state index in [1.165, 1.54) is 0 Å². The Labute approximate surface area is 245 Å². The Bertz CT molecular complexity index is 1640. The molecule has 0 amide bonds. The molecule has 4 aromatic rings. The first-order chi connectivity index (χ1) is 19.9. The number of thiazole rings is 1. The van der Waals surface area contributed by atoms with Crippen molar-refractivity contribution >= 4 is 27.0 Å². The summed E-state index contributed by atoms with van der Waals surface area (Å²) in [6.45, 7) is 1.83. The van der Waals surface area contributed by atoms with E-state index in [9.17, 15) is 8.42 Å². The number of hydrogen-bond donors (Lipinski definition) is 0. The second kappa shape index (κ2) is 12.9. The van der Waals surface area contributed by atoms with Gasteiger partial charge in [0.05, 0.1) is 37.6 Å². The smallest absolute Gasteiger partial charge is 0.243 e. The Morgan fingerprint density at radius 2 is 1.54 bits per heavy atom. The molecular weight excluding hydrogens is 558 g/mol. The number of sulfonamides is 1. The zero-order valence-corrected chi connectivity index (χ0v) is 25.2. The fraction of sp³-hybridized carbons (Fsp3) is 0.323. The van der Waals surface area contributed by atoms with Crippen LogP contribution in [0.3, 0.4) is 0 Å².